The van der Waals surface area contributed by atoms with Gasteiger partial charge in [-0.2, -0.15) is 13.2 Å². The molecule has 1 atom stereocenters. The van der Waals surface area contributed by atoms with Crippen molar-refractivity contribution in [3.8, 4) is 0 Å². The van der Waals surface area contributed by atoms with Gasteiger partial charge in [0.05, 0.1) is 17.5 Å². The first-order valence-corrected chi connectivity index (χ1v) is 9.56. The Morgan fingerprint density at radius 2 is 1.97 bits per heavy atom. The number of aliphatic imine (C=N–C) groups is 1. The van der Waals surface area contributed by atoms with Crippen LogP contribution in [0, 0.1) is 17.7 Å². The third-order valence-corrected chi connectivity index (χ3v) is 5.13. The molecule has 0 spiro atoms. The summed E-state index contributed by atoms with van der Waals surface area (Å²) in [5.74, 6) is -2.65. The van der Waals surface area contributed by atoms with Gasteiger partial charge in [0.25, 0.3) is 0 Å². The van der Waals surface area contributed by atoms with E-state index in [1.54, 1.807) is 23.2 Å². The van der Waals surface area contributed by atoms with Crippen molar-refractivity contribution in [3.05, 3.63) is 36.3 Å². The van der Waals surface area contributed by atoms with Crippen LogP contribution in [-0.2, 0) is 4.79 Å². The van der Waals surface area contributed by atoms with E-state index in [0.29, 0.717) is 12.1 Å². The summed E-state index contributed by atoms with van der Waals surface area (Å²) in [6.07, 6.45) is 1.10. The number of thiocarbonyl (C=S) groups is 1. The molecule has 5 nitrogen and oxygen atoms in total. The van der Waals surface area contributed by atoms with Crippen molar-refractivity contribution in [1.29, 1.82) is 0 Å². The predicted octanol–water partition coefficient (Wildman–Crippen LogP) is 4.02. The van der Waals surface area contributed by atoms with Crippen LogP contribution in [-0.4, -0.2) is 36.5 Å². The maximum absolute atomic E-state index is 14.5. The number of hydrogen-bond acceptors (Lipinski definition) is 4. The fourth-order valence-corrected chi connectivity index (χ4v) is 3.53. The van der Waals surface area contributed by atoms with Crippen molar-refractivity contribution < 1.29 is 22.4 Å². The molecule has 0 bridgehead atoms. The molecule has 10 heteroatoms. The van der Waals surface area contributed by atoms with E-state index in [9.17, 15) is 22.4 Å². The molecule has 29 heavy (non-hydrogen) atoms. The summed E-state index contributed by atoms with van der Waals surface area (Å²) in [5, 5.41) is 5.30. The number of rotatable bonds is 3. The monoisotopic (exact) mass is 428 g/mol. The Kier molecular flexibility index (Phi) is 6.51. The molecule has 1 aromatic rings. The summed E-state index contributed by atoms with van der Waals surface area (Å²) >= 11 is 5.09. The number of nitrogens with one attached hydrogen (secondary N) is 2. The molecule has 1 amide bonds. The van der Waals surface area contributed by atoms with Crippen molar-refractivity contribution >= 4 is 40.8 Å². The van der Waals surface area contributed by atoms with E-state index in [-0.39, 0.29) is 42.6 Å². The van der Waals surface area contributed by atoms with E-state index in [1.807, 2.05) is 0 Å². The van der Waals surface area contributed by atoms with Gasteiger partial charge in [-0.3, -0.25) is 9.79 Å². The number of anilines is 2. The third-order valence-electron chi connectivity index (χ3n) is 4.93. The van der Waals surface area contributed by atoms with Gasteiger partial charge in [0.1, 0.15) is 5.82 Å². The van der Waals surface area contributed by atoms with Gasteiger partial charge in [-0.25, -0.2) is 4.39 Å². The molecular weight excluding hydrogens is 408 g/mol. The number of benzene rings is 1. The average Bonchev–Trinajstić information content (AvgIpc) is 2.68. The molecule has 2 aliphatic rings. The van der Waals surface area contributed by atoms with Gasteiger partial charge in [-0.05, 0) is 49.7 Å². The number of carbonyl (C=O) groups excluding carboxylic acids is 1. The zero-order valence-corrected chi connectivity index (χ0v) is 16.2. The van der Waals surface area contributed by atoms with Gasteiger partial charge in [0.2, 0.25) is 5.91 Å². The van der Waals surface area contributed by atoms with Gasteiger partial charge in [-0.15, -0.1) is 0 Å². The number of alkyl halides is 3. The first-order chi connectivity index (χ1) is 13.7. The van der Waals surface area contributed by atoms with Crippen LogP contribution in [0.4, 0.5) is 28.9 Å². The van der Waals surface area contributed by atoms with E-state index in [2.05, 4.69) is 15.6 Å². The zero-order chi connectivity index (χ0) is 21.0. The number of amides is 1. The second kappa shape index (κ2) is 8.89. The first-order valence-electron chi connectivity index (χ1n) is 9.15. The highest BCUT2D eigenvalue weighted by Crippen LogP contribution is 2.36. The maximum atomic E-state index is 14.5. The summed E-state index contributed by atoms with van der Waals surface area (Å²) in [5.41, 5.74) is 0.579. The lowest BCUT2D eigenvalue weighted by molar-refractivity contribution is -0.179. The lowest BCUT2D eigenvalue weighted by Gasteiger charge is -2.34. The number of allylic oxidation sites excluding steroid dienone is 1. The topological polar surface area (TPSA) is 56.7 Å². The van der Waals surface area contributed by atoms with E-state index < -0.39 is 23.8 Å². The molecule has 2 heterocycles. The molecule has 1 unspecified atom stereocenters. The molecule has 0 aliphatic carbocycles. The van der Waals surface area contributed by atoms with E-state index >= 15 is 0 Å². The molecule has 2 N–H and O–H groups in total. The maximum Gasteiger partial charge on any atom is 0.391 e. The van der Waals surface area contributed by atoms with Gasteiger partial charge >= 0.3 is 6.18 Å². The summed E-state index contributed by atoms with van der Waals surface area (Å²) in [6, 6.07) is 4.26. The van der Waals surface area contributed by atoms with Crippen LogP contribution >= 0.6 is 12.2 Å². The smallest absolute Gasteiger partial charge is 0.369 e. The zero-order valence-electron chi connectivity index (χ0n) is 15.4. The Labute approximate surface area is 170 Å². The van der Waals surface area contributed by atoms with Gasteiger partial charge in [0, 0.05) is 31.2 Å². The summed E-state index contributed by atoms with van der Waals surface area (Å²) in [7, 11) is 0. The standard InChI is InChI=1S/C19H20F4N4OS/c20-15-10-14(25-18(29)26-17(28)12-2-1-7-24-11-12)3-4-16(15)27-8-5-13(6-9-27)19(21,22)23/h1,3-4,7,10-13H,2,5-6,8-9H2,(H2,25,26,28,29). The van der Waals surface area contributed by atoms with Crippen molar-refractivity contribution in [2.24, 2.45) is 16.8 Å². The van der Waals surface area contributed by atoms with Crippen LogP contribution in [0.1, 0.15) is 19.3 Å². The van der Waals surface area contributed by atoms with Gasteiger partial charge in [0.15, 0.2) is 5.11 Å². The Morgan fingerprint density at radius 3 is 2.55 bits per heavy atom. The highest BCUT2D eigenvalue weighted by Gasteiger charge is 2.41. The second-order valence-electron chi connectivity index (χ2n) is 6.94. The number of hydrogen-bond donors (Lipinski definition) is 2. The number of piperidine rings is 1. The lowest BCUT2D eigenvalue weighted by Crippen LogP contribution is -2.39. The normalized spacial score (nSPS) is 19.9. The van der Waals surface area contributed by atoms with Gasteiger partial charge < -0.3 is 15.5 Å². The Bertz CT molecular complexity index is 832. The Hall–Kier alpha value is -2.49. The molecule has 3 rings (SSSR count). The third kappa shape index (κ3) is 5.53. The number of nitrogens with zero attached hydrogens (tertiary/aromatic N) is 2. The van der Waals surface area contributed by atoms with Crippen LogP contribution in [0.25, 0.3) is 0 Å². The minimum Gasteiger partial charge on any atom is -0.369 e. The van der Waals surface area contributed by atoms with E-state index in [0.717, 1.165) is 0 Å². The molecule has 1 aromatic carbocycles. The molecular formula is C19H20F4N4OS. The number of carbonyl (C=O) groups is 1. The Morgan fingerprint density at radius 1 is 1.24 bits per heavy atom. The molecule has 1 fully saturated rings. The molecule has 156 valence electrons. The molecule has 0 radical (unpaired) electrons. The average molecular weight is 428 g/mol. The SMILES string of the molecule is O=C(NC(=S)Nc1ccc(N2CCC(C(F)(F)F)CC2)c(F)c1)C1C=NC=CC1. The van der Waals surface area contributed by atoms with Crippen molar-refractivity contribution in [3.63, 3.8) is 0 Å². The predicted molar refractivity (Wildman–Crippen MR) is 107 cm³/mol. The second-order valence-corrected chi connectivity index (χ2v) is 7.35. The minimum atomic E-state index is -4.21. The first kappa shape index (κ1) is 21.2. The van der Waals surface area contributed by atoms with Crippen LogP contribution < -0.4 is 15.5 Å². The van der Waals surface area contributed by atoms with E-state index in [1.165, 1.54) is 18.3 Å². The molecule has 0 saturated carbocycles. The van der Waals surface area contributed by atoms with Crippen LogP contribution in [0.5, 0.6) is 0 Å². The lowest BCUT2D eigenvalue weighted by atomic mass is 9.96. The summed E-state index contributed by atoms with van der Waals surface area (Å²) < 4.78 is 52.9. The fourth-order valence-electron chi connectivity index (χ4n) is 3.31. The molecule has 2 aliphatic heterocycles. The largest absolute Gasteiger partial charge is 0.391 e. The highest BCUT2D eigenvalue weighted by atomic mass is 32.1. The number of halogens is 4. The van der Waals surface area contributed by atoms with Crippen molar-refractivity contribution in [1.82, 2.24) is 5.32 Å². The minimum absolute atomic E-state index is 0.0242. The van der Waals surface area contributed by atoms with Crippen LogP contribution in [0.3, 0.4) is 0 Å². The fraction of sp³-hybridized carbons (Fsp3) is 0.421. The summed E-state index contributed by atoms with van der Waals surface area (Å²) in [6.45, 7) is 0.277. The molecule has 1 saturated heterocycles. The van der Waals surface area contributed by atoms with Crippen molar-refractivity contribution in [2.45, 2.75) is 25.4 Å². The van der Waals surface area contributed by atoms with Crippen molar-refractivity contribution in [2.75, 3.05) is 23.3 Å². The Balaban J connectivity index is 1.55. The van der Waals surface area contributed by atoms with Gasteiger partial charge in [-0.1, -0.05) is 6.08 Å². The highest BCUT2D eigenvalue weighted by molar-refractivity contribution is 7.80. The van der Waals surface area contributed by atoms with E-state index in [4.69, 9.17) is 12.2 Å². The van der Waals surface area contributed by atoms with Crippen LogP contribution in [0.15, 0.2) is 35.5 Å². The quantitative estimate of drug-likeness (QED) is 0.564. The summed E-state index contributed by atoms with van der Waals surface area (Å²) in [4.78, 5) is 17.6. The van der Waals surface area contributed by atoms with Crippen LogP contribution in [0.2, 0.25) is 0 Å². The molecule has 0 aromatic heterocycles.